The molecule has 0 rings (SSSR count). The zero-order valence-corrected chi connectivity index (χ0v) is 29.6. The first kappa shape index (κ1) is 44.7. The van der Waals surface area contributed by atoms with Crippen LogP contribution in [0.1, 0.15) is 67.7 Å². The van der Waals surface area contributed by atoms with Gasteiger partial charge in [0.15, 0.2) is 0 Å². The summed E-state index contributed by atoms with van der Waals surface area (Å²) in [4.78, 5) is 125. The maximum absolute atomic E-state index is 13.5. The van der Waals surface area contributed by atoms with Gasteiger partial charge < -0.3 is 54.4 Å². The molecular weight excluding hydrogens is 660 g/mol. The average molecular weight is 713 g/mol. The summed E-state index contributed by atoms with van der Waals surface area (Å²) in [7, 11) is 1.28. The molecule has 6 atom stereocenters. The van der Waals surface area contributed by atoms with E-state index in [4.69, 9.17) is 17.2 Å². The molecular formula is C30H52N10O10. The fraction of sp³-hybridized carbons (Fsp3) is 0.667. The maximum Gasteiger partial charge on any atom is 0.243 e. The molecule has 0 heterocycles. The van der Waals surface area contributed by atoms with Crippen LogP contribution in [-0.4, -0.2) is 102 Å². The molecule has 20 nitrogen and oxygen atoms in total. The number of likely N-dealkylation sites (N-methyl/N-ethyl adjacent to an activating group) is 1. The molecule has 0 aliphatic heterocycles. The Kier molecular flexibility index (Phi) is 18.7. The Morgan fingerprint density at radius 2 is 0.680 bits per heavy atom. The molecule has 0 aromatic heterocycles. The summed E-state index contributed by atoms with van der Waals surface area (Å²) in [6, 6.07) is -8.38. The van der Waals surface area contributed by atoms with E-state index in [1.807, 2.05) is 0 Å². The molecule has 0 saturated carbocycles. The Morgan fingerprint density at radius 3 is 0.900 bits per heavy atom. The zero-order valence-electron chi connectivity index (χ0n) is 29.6. The molecule has 13 N–H and O–H groups in total. The highest BCUT2D eigenvalue weighted by Crippen LogP contribution is 2.09. The first-order chi connectivity index (χ1) is 23.0. The van der Waals surface area contributed by atoms with Crippen LogP contribution in [0.15, 0.2) is 0 Å². The second-order valence-electron chi connectivity index (χ2n) is 12.7. The van der Waals surface area contributed by atoms with E-state index in [1.165, 1.54) is 27.8 Å². The third kappa shape index (κ3) is 15.7. The Bertz CT molecular complexity index is 1300. The Balaban J connectivity index is 6.16. The van der Waals surface area contributed by atoms with Gasteiger partial charge in [0.25, 0.3) is 0 Å². The van der Waals surface area contributed by atoms with Gasteiger partial charge in [0.05, 0.1) is 19.3 Å². The lowest BCUT2D eigenvalue weighted by molar-refractivity contribution is -0.137. The van der Waals surface area contributed by atoms with Crippen molar-refractivity contribution < 1.29 is 47.9 Å². The van der Waals surface area contributed by atoms with Crippen LogP contribution in [0, 0.1) is 17.8 Å². The highest BCUT2D eigenvalue weighted by Gasteiger charge is 2.36. The minimum absolute atomic E-state index is 0.410. The van der Waals surface area contributed by atoms with Crippen LogP contribution in [-0.2, 0) is 47.9 Å². The normalized spacial score (nSPS) is 14.5. The van der Waals surface area contributed by atoms with Gasteiger partial charge in [-0.1, -0.05) is 41.5 Å². The molecule has 0 aromatic carbocycles. The van der Waals surface area contributed by atoms with Crippen molar-refractivity contribution in [1.82, 2.24) is 37.2 Å². The van der Waals surface area contributed by atoms with E-state index >= 15 is 0 Å². The number of rotatable bonds is 21. The van der Waals surface area contributed by atoms with Gasteiger partial charge in [0, 0.05) is 14.0 Å². The van der Waals surface area contributed by atoms with Crippen molar-refractivity contribution in [3.8, 4) is 0 Å². The van der Waals surface area contributed by atoms with E-state index in [0.717, 1.165) is 0 Å². The van der Waals surface area contributed by atoms with Crippen molar-refractivity contribution in [1.29, 1.82) is 0 Å². The lowest BCUT2D eigenvalue weighted by atomic mass is 9.99. The number of carbonyl (C=O) groups excluding carboxylic acids is 10. The standard InChI is InChI=1S/C30H52N10O10/c1-12(2)22(35-15(7)41)28(48)37-17(10-20(32)43)26(46)40-24(14(5)6)30(50)38-18(11-21(33)44)27(47)39-23(13(3)4)29(49)36-16(9-19(31)42)25(45)34-8/h12-14,16-18,22-24H,9-11H2,1-8H3,(H2,31,42)(H2,32,43)(H2,33,44)(H,34,45)(H,35,41)(H,36,49)(H,37,48)(H,38,50)(H,39,47)(H,40,46)/t16-,17-,18-,22-,23-,24-/m0/s1. The summed E-state index contributed by atoms with van der Waals surface area (Å²) in [6.45, 7) is 10.7. The summed E-state index contributed by atoms with van der Waals surface area (Å²) in [5.41, 5.74) is 15.8. The molecule has 0 saturated heterocycles. The molecule has 0 aromatic rings. The SMILES string of the molecule is CNC(=O)[C@H](CC(N)=O)NC(=O)[C@@H](NC(=O)[C@H](CC(N)=O)NC(=O)[C@@H](NC(=O)[C@H](CC(N)=O)NC(=O)[C@@H](NC(C)=O)C(C)C)C(C)C)C(C)C. The predicted octanol–water partition coefficient (Wildman–Crippen LogP) is -4.74. The van der Waals surface area contributed by atoms with Crippen molar-refractivity contribution in [2.75, 3.05) is 7.05 Å². The van der Waals surface area contributed by atoms with Crippen LogP contribution < -0.4 is 54.4 Å². The van der Waals surface area contributed by atoms with Gasteiger partial charge in [-0.05, 0) is 17.8 Å². The Hall–Kier alpha value is -5.30. The topological polar surface area (TPSA) is 333 Å². The quantitative estimate of drug-likeness (QED) is 0.0542. The van der Waals surface area contributed by atoms with Gasteiger partial charge in [-0.3, -0.25) is 47.9 Å². The van der Waals surface area contributed by atoms with Crippen molar-refractivity contribution in [3.05, 3.63) is 0 Å². The average Bonchev–Trinajstić information content (AvgIpc) is 2.97. The van der Waals surface area contributed by atoms with Crippen molar-refractivity contribution in [3.63, 3.8) is 0 Å². The predicted molar refractivity (Wildman–Crippen MR) is 177 cm³/mol. The number of hydrogen-bond acceptors (Lipinski definition) is 10. The number of nitrogens with one attached hydrogen (secondary N) is 7. The lowest BCUT2D eigenvalue weighted by Gasteiger charge is -2.29. The van der Waals surface area contributed by atoms with E-state index in [9.17, 15) is 47.9 Å². The highest BCUT2D eigenvalue weighted by atomic mass is 16.2. The molecule has 20 heteroatoms. The van der Waals surface area contributed by atoms with E-state index in [2.05, 4.69) is 37.2 Å². The fourth-order valence-corrected chi connectivity index (χ4v) is 4.52. The number of carbonyl (C=O) groups is 10. The third-order valence-electron chi connectivity index (χ3n) is 7.16. The van der Waals surface area contributed by atoms with E-state index < -0.39 is 132 Å². The van der Waals surface area contributed by atoms with E-state index in [-0.39, 0.29) is 0 Å². The molecule has 0 spiro atoms. The summed E-state index contributed by atoms with van der Waals surface area (Å²) >= 11 is 0. The summed E-state index contributed by atoms with van der Waals surface area (Å²) in [5, 5.41) is 16.6. The number of hydrogen-bond donors (Lipinski definition) is 10. The first-order valence-corrected chi connectivity index (χ1v) is 15.9. The Labute approximate surface area is 290 Å². The fourth-order valence-electron chi connectivity index (χ4n) is 4.52. The van der Waals surface area contributed by atoms with Gasteiger partial charge in [-0.25, -0.2) is 0 Å². The van der Waals surface area contributed by atoms with Crippen molar-refractivity contribution in [2.45, 2.75) is 104 Å². The minimum Gasteiger partial charge on any atom is -0.370 e. The molecule has 0 aliphatic carbocycles. The molecule has 0 fully saturated rings. The van der Waals surface area contributed by atoms with Crippen molar-refractivity contribution >= 4 is 59.1 Å². The third-order valence-corrected chi connectivity index (χ3v) is 7.16. The highest BCUT2D eigenvalue weighted by molar-refractivity contribution is 5.99. The van der Waals surface area contributed by atoms with E-state index in [1.54, 1.807) is 27.7 Å². The van der Waals surface area contributed by atoms with Gasteiger partial charge >= 0.3 is 0 Å². The van der Waals surface area contributed by atoms with Crippen LogP contribution in [0.5, 0.6) is 0 Å². The summed E-state index contributed by atoms with van der Waals surface area (Å²) in [6.07, 6.45) is -1.93. The summed E-state index contributed by atoms with van der Waals surface area (Å²) in [5.74, 6) is -10.4. The number of nitrogens with two attached hydrogens (primary N) is 3. The molecule has 10 amide bonds. The zero-order chi connectivity index (χ0) is 39.0. The maximum atomic E-state index is 13.5. The largest absolute Gasteiger partial charge is 0.370 e. The molecule has 0 radical (unpaired) electrons. The van der Waals surface area contributed by atoms with Crippen LogP contribution in [0.2, 0.25) is 0 Å². The number of primary amides is 3. The van der Waals surface area contributed by atoms with Crippen LogP contribution >= 0.6 is 0 Å². The molecule has 50 heavy (non-hydrogen) atoms. The lowest BCUT2D eigenvalue weighted by Crippen LogP contribution is -2.62. The van der Waals surface area contributed by atoms with Crippen LogP contribution in [0.4, 0.5) is 0 Å². The van der Waals surface area contributed by atoms with E-state index in [0.29, 0.717) is 0 Å². The monoisotopic (exact) mass is 712 g/mol. The second-order valence-corrected chi connectivity index (χ2v) is 12.7. The second kappa shape index (κ2) is 20.9. The van der Waals surface area contributed by atoms with Gasteiger partial charge in [0.1, 0.15) is 36.3 Å². The molecule has 0 bridgehead atoms. The minimum atomic E-state index is -1.65. The molecule has 0 aliphatic rings. The van der Waals surface area contributed by atoms with Gasteiger partial charge in [-0.15, -0.1) is 0 Å². The molecule has 0 unspecified atom stereocenters. The van der Waals surface area contributed by atoms with Crippen LogP contribution in [0.3, 0.4) is 0 Å². The molecule has 282 valence electrons. The summed E-state index contributed by atoms with van der Waals surface area (Å²) < 4.78 is 0. The number of amides is 10. The Morgan fingerprint density at radius 1 is 0.420 bits per heavy atom. The van der Waals surface area contributed by atoms with Gasteiger partial charge in [0.2, 0.25) is 59.1 Å². The van der Waals surface area contributed by atoms with Crippen LogP contribution in [0.25, 0.3) is 0 Å². The first-order valence-electron chi connectivity index (χ1n) is 15.9. The van der Waals surface area contributed by atoms with Gasteiger partial charge in [-0.2, -0.15) is 0 Å². The smallest absolute Gasteiger partial charge is 0.243 e. The van der Waals surface area contributed by atoms with Crippen molar-refractivity contribution in [2.24, 2.45) is 35.0 Å².